The molecule has 2 N–H and O–H groups in total. The molecule has 5 heteroatoms. The first kappa shape index (κ1) is 18.9. The van der Waals surface area contributed by atoms with Crippen molar-refractivity contribution in [2.45, 2.75) is 46.0 Å². The SMILES string of the molecule is Cc1cccc(C)c1NC(=O)CNC(=O)CN1CC[C@H]2CCCC[C@@H]2C1. The summed E-state index contributed by atoms with van der Waals surface area (Å²) in [6, 6.07) is 5.91. The second-order valence-electron chi connectivity index (χ2n) is 7.92. The highest BCUT2D eigenvalue weighted by Crippen LogP contribution is 2.35. The maximum atomic E-state index is 12.2. The Kier molecular flexibility index (Phi) is 6.30. The monoisotopic (exact) mass is 357 g/mol. The molecule has 0 aromatic heterocycles. The topological polar surface area (TPSA) is 61.4 Å². The van der Waals surface area contributed by atoms with Crippen LogP contribution in [-0.4, -0.2) is 42.9 Å². The van der Waals surface area contributed by atoms with Crippen molar-refractivity contribution in [1.29, 1.82) is 0 Å². The number of anilines is 1. The molecule has 1 saturated carbocycles. The number of hydrogen-bond acceptors (Lipinski definition) is 3. The average Bonchev–Trinajstić information content (AvgIpc) is 2.63. The van der Waals surface area contributed by atoms with Crippen LogP contribution in [-0.2, 0) is 9.59 Å². The van der Waals surface area contributed by atoms with Gasteiger partial charge in [-0.1, -0.05) is 37.5 Å². The third kappa shape index (κ3) is 4.85. The van der Waals surface area contributed by atoms with Gasteiger partial charge in [0, 0.05) is 12.2 Å². The molecule has 142 valence electrons. The summed E-state index contributed by atoms with van der Waals surface area (Å²) in [7, 11) is 0. The number of piperidine rings is 1. The normalized spacial score (nSPS) is 23.2. The predicted molar refractivity (Wildman–Crippen MR) is 104 cm³/mol. The van der Waals surface area contributed by atoms with Crippen LogP contribution in [0.1, 0.15) is 43.2 Å². The number of fused-ring (bicyclic) bond motifs is 1. The lowest BCUT2D eigenvalue weighted by molar-refractivity contribution is -0.125. The molecule has 5 nitrogen and oxygen atoms in total. The molecular weight excluding hydrogens is 326 g/mol. The molecule has 0 bridgehead atoms. The average molecular weight is 357 g/mol. The Hall–Kier alpha value is -1.88. The Morgan fingerprint density at radius 3 is 2.46 bits per heavy atom. The number of carbonyl (C=O) groups excluding carboxylic acids is 2. The molecule has 2 aliphatic rings. The Morgan fingerprint density at radius 1 is 1.04 bits per heavy atom. The van der Waals surface area contributed by atoms with Crippen LogP contribution in [0.25, 0.3) is 0 Å². The van der Waals surface area contributed by atoms with Gasteiger partial charge in [0.25, 0.3) is 0 Å². The third-order valence-corrected chi connectivity index (χ3v) is 5.93. The van der Waals surface area contributed by atoms with Crippen molar-refractivity contribution < 1.29 is 9.59 Å². The summed E-state index contributed by atoms with van der Waals surface area (Å²) in [6.45, 7) is 6.40. The lowest BCUT2D eigenvalue weighted by atomic mass is 9.75. The molecule has 0 unspecified atom stereocenters. The first-order chi connectivity index (χ1) is 12.5. The second-order valence-corrected chi connectivity index (χ2v) is 7.92. The third-order valence-electron chi connectivity index (χ3n) is 5.93. The number of nitrogens with one attached hydrogen (secondary N) is 2. The van der Waals surface area contributed by atoms with Gasteiger partial charge in [-0.05, 0) is 56.2 Å². The van der Waals surface area contributed by atoms with Gasteiger partial charge in [0.05, 0.1) is 13.1 Å². The highest BCUT2D eigenvalue weighted by atomic mass is 16.2. The van der Waals surface area contributed by atoms with Gasteiger partial charge in [0.2, 0.25) is 11.8 Å². The number of benzene rings is 1. The number of rotatable bonds is 5. The summed E-state index contributed by atoms with van der Waals surface area (Å²) >= 11 is 0. The van der Waals surface area contributed by atoms with Crippen LogP contribution in [0.2, 0.25) is 0 Å². The smallest absolute Gasteiger partial charge is 0.243 e. The van der Waals surface area contributed by atoms with Gasteiger partial charge in [-0.3, -0.25) is 14.5 Å². The fourth-order valence-electron chi connectivity index (χ4n) is 4.45. The zero-order chi connectivity index (χ0) is 18.5. The number of aryl methyl sites for hydroxylation is 2. The number of amides is 2. The Morgan fingerprint density at radius 2 is 1.73 bits per heavy atom. The number of carbonyl (C=O) groups is 2. The van der Waals surface area contributed by atoms with E-state index >= 15 is 0 Å². The molecule has 0 radical (unpaired) electrons. The molecule has 1 heterocycles. The Bertz CT molecular complexity index is 638. The predicted octanol–water partition coefficient (Wildman–Crippen LogP) is 2.87. The van der Waals surface area contributed by atoms with E-state index in [-0.39, 0.29) is 18.4 Å². The van der Waals surface area contributed by atoms with Gasteiger partial charge in [-0.2, -0.15) is 0 Å². The van der Waals surface area contributed by atoms with Gasteiger partial charge in [-0.25, -0.2) is 0 Å². The van der Waals surface area contributed by atoms with E-state index in [1.54, 1.807) is 0 Å². The van der Waals surface area contributed by atoms with Gasteiger partial charge >= 0.3 is 0 Å². The van der Waals surface area contributed by atoms with E-state index in [1.165, 1.54) is 32.1 Å². The van der Waals surface area contributed by atoms with Crippen LogP contribution in [0.5, 0.6) is 0 Å². The van der Waals surface area contributed by atoms with E-state index in [4.69, 9.17) is 0 Å². The number of hydrogen-bond donors (Lipinski definition) is 2. The molecule has 1 saturated heterocycles. The molecule has 3 rings (SSSR count). The van der Waals surface area contributed by atoms with Crippen molar-refractivity contribution in [3.8, 4) is 0 Å². The standard InChI is InChI=1S/C21H31N3O2/c1-15-6-5-7-16(2)21(15)23-19(25)12-22-20(26)14-24-11-10-17-8-3-4-9-18(17)13-24/h5-7,17-18H,3-4,8-14H2,1-2H3,(H,22,26)(H,23,25)/t17-,18-/m1/s1. The minimum absolute atomic E-state index is 0.0203. The number of likely N-dealkylation sites (tertiary alicyclic amines) is 1. The van der Waals surface area contributed by atoms with E-state index in [0.29, 0.717) is 6.54 Å². The number of nitrogens with zero attached hydrogens (tertiary/aromatic N) is 1. The molecule has 2 amide bonds. The highest BCUT2D eigenvalue weighted by molar-refractivity contribution is 5.95. The van der Waals surface area contributed by atoms with Gasteiger partial charge in [0.1, 0.15) is 0 Å². The molecule has 2 fully saturated rings. The Balaban J connectivity index is 1.42. The lowest BCUT2D eigenvalue weighted by Crippen LogP contribution is -2.47. The van der Waals surface area contributed by atoms with Gasteiger partial charge < -0.3 is 10.6 Å². The van der Waals surface area contributed by atoms with Crippen LogP contribution < -0.4 is 10.6 Å². The lowest BCUT2D eigenvalue weighted by Gasteiger charge is -2.41. The summed E-state index contributed by atoms with van der Waals surface area (Å²) in [4.78, 5) is 26.6. The highest BCUT2D eigenvalue weighted by Gasteiger charge is 2.31. The minimum atomic E-state index is -0.179. The van der Waals surface area contributed by atoms with Crippen molar-refractivity contribution >= 4 is 17.5 Å². The quantitative estimate of drug-likeness (QED) is 0.852. The largest absolute Gasteiger partial charge is 0.346 e. The summed E-state index contributed by atoms with van der Waals surface area (Å²) in [5.74, 6) is 1.39. The molecule has 2 atom stereocenters. The molecular formula is C21H31N3O2. The van der Waals surface area contributed by atoms with Crippen LogP contribution in [0, 0.1) is 25.7 Å². The van der Waals surface area contributed by atoms with E-state index in [9.17, 15) is 9.59 Å². The molecule has 1 aromatic carbocycles. The summed E-state index contributed by atoms with van der Waals surface area (Å²) in [5.41, 5.74) is 2.89. The fourth-order valence-corrected chi connectivity index (χ4v) is 4.45. The molecule has 1 aliphatic heterocycles. The second kappa shape index (κ2) is 8.67. The first-order valence-corrected chi connectivity index (χ1v) is 9.88. The summed E-state index contributed by atoms with van der Waals surface area (Å²) in [5, 5.41) is 5.68. The van der Waals surface area contributed by atoms with E-state index in [1.807, 2.05) is 32.0 Å². The summed E-state index contributed by atoms with van der Waals surface area (Å²) in [6.07, 6.45) is 6.59. The first-order valence-electron chi connectivity index (χ1n) is 9.88. The zero-order valence-electron chi connectivity index (χ0n) is 16.0. The van der Waals surface area contributed by atoms with Crippen LogP contribution in [0.3, 0.4) is 0 Å². The maximum absolute atomic E-state index is 12.2. The van der Waals surface area contributed by atoms with Crippen molar-refractivity contribution in [2.75, 3.05) is 31.5 Å². The van der Waals surface area contributed by atoms with E-state index in [0.717, 1.165) is 41.7 Å². The van der Waals surface area contributed by atoms with Crippen molar-refractivity contribution in [2.24, 2.45) is 11.8 Å². The summed E-state index contributed by atoms with van der Waals surface area (Å²) < 4.78 is 0. The van der Waals surface area contributed by atoms with E-state index < -0.39 is 0 Å². The van der Waals surface area contributed by atoms with Crippen LogP contribution in [0.15, 0.2) is 18.2 Å². The molecule has 26 heavy (non-hydrogen) atoms. The van der Waals surface area contributed by atoms with Crippen LogP contribution >= 0.6 is 0 Å². The van der Waals surface area contributed by atoms with Gasteiger partial charge in [0.15, 0.2) is 0 Å². The Labute approximate surface area is 156 Å². The number of para-hydroxylation sites is 1. The molecule has 0 spiro atoms. The van der Waals surface area contributed by atoms with Crippen molar-refractivity contribution in [3.63, 3.8) is 0 Å². The van der Waals surface area contributed by atoms with Gasteiger partial charge in [-0.15, -0.1) is 0 Å². The zero-order valence-corrected chi connectivity index (χ0v) is 16.0. The van der Waals surface area contributed by atoms with Crippen molar-refractivity contribution in [1.82, 2.24) is 10.2 Å². The molecule has 1 aliphatic carbocycles. The maximum Gasteiger partial charge on any atom is 0.243 e. The fraction of sp³-hybridized carbons (Fsp3) is 0.619. The van der Waals surface area contributed by atoms with Crippen molar-refractivity contribution in [3.05, 3.63) is 29.3 Å². The van der Waals surface area contributed by atoms with E-state index in [2.05, 4.69) is 15.5 Å². The minimum Gasteiger partial charge on any atom is -0.346 e. The van der Waals surface area contributed by atoms with Crippen LogP contribution in [0.4, 0.5) is 5.69 Å². The molecule has 1 aromatic rings.